The Kier molecular flexibility index (Phi) is 5.09. The zero-order valence-electron chi connectivity index (χ0n) is 14.2. The number of hydrazone groups is 1. The number of aromatic hydroxyl groups is 2. The van der Waals surface area contributed by atoms with Crippen LogP contribution in [-0.2, 0) is 6.54 Å². The summed E-state index contributed by atoms with van der Waals surface area (Å²) in [5, 5.41) is 27.7. The third-order valence-electron chi connectivity index (χ3n) is 3.83. The van der Waals surface area contributed by atoms with Crippen LogP contribution in [0.1, 0.15) is 23.0 Å². The molecule has 0 saturated carbocycles. The summed E-state index contributed by atoms with van der Waals surface area (Å²) in [6.07, 6.45) is 1.25. The molecule has 1 heterocycles. The molecule has 0 aliphatic heterocycles. The smallest absolute Gasteiger partial charge is 0.292 e. The number of hydrogen-bond donors (Lipinski definition) is 3. The van der Waals surface area contributed by atoms with Gasteiger partial charge >= 0.3 is 0 Å². The van der Waals surface area contributed by atoms with Gasteiger partial charge in [0, 0.05) is 11.9 Å². The highest BCUT2D eigenvalue weighted by atomic mass is 35.5. The lowest BCUT2D eigenvalue weighted by Gasteiger charge is -2.08. The van der Waals surface area contributed by atoms with Crippen molar-refractivity contribution in [3.05, 3.63) is 63.0 Å². The number of nitrogens with one attached hydrogen (secondary N) is 1. The Morgan fingerprint density at radius 2 is 2.00 bits per heavy atom. The largest absolute Gasteiger partial charge is 0.504 e. The highest BCUT2D eigenvalue weighted by molar-refractivity contribution is 6.32. The van der Waals surface area contributed by atoms with Gasteiger partial charge in [-0.3, -0.25) is 9.59 Å². The number of rotatable bonds is 4. The van der Waals surface area contributed by atoms with Gasteiger partial charge in [0.1, 0.15) is 0 Å². The van der Waals surface area contributed by atoms with Crippen molar-refractivity contribution in [3.63, 3.8) is 0 Å². The van der Waals surface area contributed by atoms with Crippen molar-refractivity contribution in [2.24, 2.45) is 5.10 Å². The summed E-state index contributed by atoms with van der Waals surface area (Å²) >= 11 is 5.77. The van der Waals surface area contributed by atoms with Gasteiger partial charge in [-0.25, -0.2) is 10.1 Å². The van der Waals surface area contributed by atoms with E-state index in [1.165, 1.54) is 23.0 Å². The van der Waals surface area contributed by atoms with Crippen LogP contribution in [0.25, 0.3) is 10.8 Å². The highest BCUT2D eigenvalue weighted by Crippen LogP contribution is 2.33. The summed E-state index contributed by atoms with van der Waals surface area (Å²) in [5.74, 6) is -1.44. The first-order valence-corrected chi connectivity index (χ1v) is 8.35. The Balaban J connectivity index is 1.91. The molecular formula is C18H15ClN4O4. The lowest BCUT2D eigenvalue weighted by atomic mass is 10.1. The maximum Gasteiger partial charge on any atom is 0.292 e. The van der Waals surface area contributed by atoms with E-state index in [2.05, 4.69) is 15.6 Å². The first-order valence-electron chi connectivity index (χ1n) is 7.97. The zero-order chi connectivity index (χ0) is 19.6. The van der Waals surface area contributed by atoms with Crippen LogP contribution in [0.5, 0.6) is 11.5 Å². The average Bonchev–Trinajstić information content (AvgIpc) is 2.66. The van der Waals surface area contributed by atoms with E-state index >= 15 is 0 Å². The van der Waals surface area contributed by atoms with Crippen LogP contribution < -0.4 is 11.0 Å². The molecule has 2 aromatic carbocycles. The molecule has 0 atom stereocenters. The molecule has 9 heteroatoms. The van der Waals surface area contributed by atoms with E-state index < -0.39 is 17.4 Å². The standard InChI is InChI=1S/C18H15ClN4O4/c1-2-23-18(27)12-6-4-3-5-11(12)15(22-23)17(26)21-20-9-10-7-13(19)16(25)14(24)8-10/h3-9,24-25H,2H2,1H3,(H,21,26)/b20-9+. The minimum atomic E-state index is -0.598. The molecule has 1 amide bonds. The van der Waals surface area contributed by atoms with Crippen molar-refractivity contribution in [2.75, 3.05) is 0 Å². The van der Waals surface area contributed by atoms with Crippen LogP contribution in [0.2, 0.25) is 5.02 Å². The van der Waals surface area contributed by atoms with Gasteiger partial charge in [-0.05, 0) is 30.7 Å². The summed E-state index contributed by atoms with van der Waals surface area (Å²) in [6.45, 7) is 2.07. The Labute approximate surface area is 158 Å². The second-order valence-corrected chi connectivity index (χ2v) is 5.99. The summed E-state index contributed by atoms with van der Waals surface area (Å²) < 4.78 is 1.21. The lowest BCUT2D eigenvalue weighted by molar-refractivity contribution is 0.0949. The van der Waals surface area contributed by atoms with Crippen molar-refractivity contribution in [1.29, 1.82) is 0 Å². The van der Waals surface area contributed by atoms with Crippen molar-refractivity contribution < 1.29 is 15.0 Å². The van der Waals surface area contributed by atoms with Crippen molar-refractivity contribution in [1.82, 2.24) is 15.2 Å². The molecule has 0 radical (unpaired) electrons. The third kappa shape index (κ3) is 3.61. The fraction of sp³-hybridized carbons (Fsp3) is 0.111. The molecule has 0 saturated heterocycles. The minimum Gasteiger partial charge on any atom is -0.504 e. The summed E-state index contributed by atoms with van der Waals surface area (Å²) in [5.41, 5.74) is 2.49. The van der Waals surface area contributed by atoms with Crippen LogP contribution >= 0.6 is 11.6 Å². The van der Waals surface area contributed by atoms with E-state index in [0.717, 1.165) is 0 Å². The molecule has 27 heavy (non-hydrogen) atoms. The van der Waals surface area contributed by atoms with Crippen molar-refractivity contribution >= 4 is 34.5 Å². The zero-order valence-corrected chi connectivity index (χ0v) is 14.9. The van der Waals surface area contributed by atoms with E-state index in [-0.39, 0.29) is 16.3 Å². The normalized spacial score (nSPS) is 11.2. The predicted molar refractivity (Wildman–Crippen MR) is 102 cm³/mol. The minimum absolute atomic E-state index is 0.0505. The van der Waals surface area contributed by atoms with Crippen molar-refractivity contribution in [3.8, 4) is 11.5 Å². The second-order valence-electron chi connectivity index (χ2n) is 5.58. The van der Waals surface area contributed by atoms with E-state index in [0.29, 0.717) is 22.9 Å². The Morgan fingerprint density at radius 3 is 2.67 bits per heavy atom. The molecule has 3 rings (SSSR count). The summed E-state index contributed by atoms with van der Waals surface area (Å²) in [7, 11) is 0. The topological polar surface area (TPSA) is 117 Å². The van der Waals surface area contributed by atoms with Gasteiger partial charge in [0.2, 0.25) is 0 Å². The van der Waals surface area contributed by atoms with E-state index in [1.807, 2.05) is 0 Å². The van der Waals surface area contributed by atoms with Crippen molar-refractivity contribution in [2.45, 2.75) is 13.5 Å². The van der Waals surface area contributed by atoms with Crippen LogP contribution in [-0.4, -0.2) is 32.1 Å². The number of aryl methyl sites for hydroxylation is 1. The molecule has 0 unspecified atom stereocenters. The van der Waals surface area contributed by atoms with Crippen LogP contribution in [0.15, 0.2) is 46.3 Å². The number of benzene rings is 2. The number of phenols is 2. The number of hydrogen-bond acceptors (Lipinski definition) is 6. The van der Waals surface area contributed by atoms with Crippen LogP contribution in [0.3, 0.4) is 0 Å². The number of aromatic nitrogens is 2. The van der Waals surface area contributed by atoms with Gasteiger partial charge < -0.3 is 10.2 Å². The highest BCUT2D eigenvalue weighted by Gasteiger charge is 2.15. The number of fused-ring (bicyclic) bond motifs is 1. The number of carbonyl (C=O) groups excluding carboxylic acids is 1. The van der Waals surface area contributed by atoms with E-state index in [4.69, 9.17) is 11.6 Å². The third-order valence-corrected chi connectivity index (χ3v) is 4.12. The maximum atomic E-state index is 12.5. The van der Waals surface area contributed by atoms with Gasteiger partial charge in [0.05, 0.1) is 16.6 Å². The molecule has 0 aliphatic carbocycles. The SMILES string of the molecule is CCn1nc(C(=O)N/N=C/c2cc(O)c(O)c(Cl)c2)c2ccccc2c1=O. The van der Waals surface area contributed by atoms with Crippen LogP contribution in [0.4, 0.5) is 0 Å². The van der Waals surface area contributed by atoms with Gasteiger partial charge in [-0.2, -0.15) is 10.2 Å². The molecular weight excluding hydrogens is 372 g/mol. The number of halogens is 1. The number of nitrogens with zero attached hydrogens (tertiary/aromatic N) is 3. The lowest BCUT2D eigenvalue weighted by Crippen LogP contribution is -2.28. The van der Waals surface area contributed by atoms with E-state index in [9.17, 15) is 19.8 Å². The molecule has 0 fully saturated rings. The molecule has 0 aliphatic rings. The number of amides is 1. The Morgan fingerprint density at radius 1 is 1.30 bits per heavy atom. The molecule has 138 valence electrons. The molecule has 3 aromatic rings. The van der Waals surface area contributed by atoms with E-state index in [1.54, 1.807) is 31.2 Å². The Hall–Kier alpha value is -3.39. The first-order chi connectivity index (χ1) is 12.9. The van der Waals surface area contributed by atoms with Gasteiger partial charge in [-0.1, -0.05) is 29.8 Å². The van der Waals surface area contributed by atoms with Crippen LogP contribution in [0, 0.1) is 0 Å². The maximum absolute atomic E-state index is 12.5. The predicted octanol–water partition coefficient (Wildman–Crippen LogP) is 2.24. The fourth-order valence-electron chi connectivity index (χ4n) is 2.52. The average molecular weight is 387 g/mol. The van der Waals surface area contributed by atoms with Gasteiger partial charge in [-0.15, -0.1) is 0 Å². The Bertz CT molecular complexity index is 1100. The molecule has 8 nitrogen and oxygen atoms in total. The molecule has 1 aromatic heterocycles. The van der Waals surface area contributed by atoms with Gasteiger partial charge in [0.25, 0.3) is 11.5 Å². The summed E-state index contributed by atoms with van der Waals surface area (Å²) in [4.78, 5) is 24.8. The number of carbonyl (C=O) groups is 1. The quantitative estimate of drug-likeness (QED) is 0.361. The molecule has 3 N–H and O–H groups in total. The molecule has 0 bridgehead atoms. The van der Waals surface area contributed by atoms with Gasteiger partial charge in [0.15, 0.2) is 17.2 Å². The number of phenolic OH excluding ortho intramolecular Hbond substituents is 2. The monoisotopic (exact) mass is 386 g/mol. The second kappa shape index (κ2) is 7.46. The summed E-state index contributed by atoms with van der Waals surface area (Å²) in [6, 6.07) is 9.30. The first kappa shape index (κ1) is 18.4. The fourth-order valence-corrected chi connectivity index (χ4v) is 2.74. The molecule has 0 spiro atoms.